The van der Waals surface area contributed by atoms with Crippen molar-refractivity contribution in [2.45, 2.75) is 22.6 Å². The van der Waals surface area contributed by atoms with Gasteiger partial charge < -0.3 is 4.74 Å². The summed E-state index contributed by atoms with van der Waals surface area (Å²) in [5.74, 6) is 0. The first-order chi connectivity index (χ1) is 12.6. The van der Waals surface area contributed by atoms with Gasteiger partial charge >= 0.3 is 0 Å². The second-order valence-corrected chi connectivity index (χ2v) is 7.72. The van der Waals surface area contributed by atoms with Crippen LogP contribution in [0, 0.1) is 10.1 Å². The Kier molecular flexibility index (Phi) is 6.91. The van der Waals surface area contributed by atoms with Gasteiger partial charge in [0, 0.05) is 29.1 Å². The molecule has 0 amide bonds. The van der Waals surface area contributed by atoms with Gasteiger partial charge in [-0.3, -0.25) is 15.0 Å². The summed E-state index contributed by atoms with van der Waals surface area (Å²) in [5.41, 5.74) is 1.17. The third-order valence-electron chi connectivity index (χ3n) is 4.30. The van der Waals surface area contributed by atoms with Gasteiger partial charge in [-0.1, -0.05) is 29.4 Å². The monoisotopic (exact) mass is 392 g/mol. The van der Waals surface area contributed by atoms with Crippen LogP contribution in [0.5, 0.6) is 0 Å². The highest BCUT2D eigenvalue weighted by atomic mass is 35.5. The van der Waals surface area contributed by atoms with Gasteiger partial charge in [-0.25, -0.2) is 0 Å². The largest absolute Gasteiger partial charge is 0.379 e. The molecule has 0 aliphatic carbocycles. The van der Waals surface area contributed by atoms with Crippen molar-refractivity contribution in [2.24, 2.45) is 0 Å². The number of nitro benzene ring substituents is 1. The van der Waals surface area contributed by atoms with Crippen LogP contribution < -0.4 is 0 Å². The minimum absolute atomic E-state index is 0.161. The average molecular weight is 393 g/mol. The number of morpholine rings is 1. The third kappa shape index (κ3) is 5.45. The summed E-state index contributed by atoms with van der Waals surface area (Å²) in [5, 5.41) is 12.1. The fourth-order valence-corrected chi connectivity index (χ4v) is 3.93. The molecule has 1 saturated heterocycles. The molecule has 2 aromatic rings. The maximum absolute atomic E-state index is 11.5. The van der Waals surface area contributed by atoms with E-state index in [1.165, 1.54) is 11.8 Å². The van der Waals surface area contributed by atoms with E-state index in [4.69, 9.17) is 16.3 Å². The Morgan fingerprint density at radius 2 is 1.88 bits per heavy atom. The Hall–Kier alpha value is -1.60. The van der Waals surface area contributed by atoms with E-state index in [1.54, 1.807) is 18.2 Å². The van der Waals surface area contributed by atoms with Crippen molar-refractivity contribution < 1.29 is 9.66 Å². The van der Waals surface area contributed by atoms with E-state index in [1.807, 2.05) is 24.3 Å². The molecule has 0 N–H and O–H groups in total. The molecule has 0 atom stereocenters. The first-order valence-corrected chi connectivity index (χ1v) is 9.82. The Bertz CT molecular complexity index is 749. The molecule has 1 heterocycles. The maximum atomic E-state index is 11.5. The van der Waals surface area contributed by atoms with Crippen molar-refractivity contribution in [1.29, 1.82) is 0 Å². The first-order valence-electron chi connectivity index (χ1n) is 8.62. The molecule has 0 saturated carbocycles. The summed E-state index contributed by atoms with van der Waals surface area (Å²) in [6.45, 7) is 4.52. The molecule has 7 heteroatoms. The molecule has 1 aliphatic rings. The molecule has 0 unspecified atom stereocenters. The topological polar surface area (TPSA) is 55.6 Å². The quantitative estimate of drug-likeness (QED) is 0.506. The highest BCUT2D eigenvalue weighted by Gasteiger charge is 2.16. The summed E-state index contributed by atoms with van der Waals surface area (Å²) >= 11 is 7.28. The second kappa shape index (κ2) is 9.37. The van der Waals surface area contributed by atoms with Crippen molar-refractivity contribution in [3.63, 3.8) is 0 Å². The van der Waals surface area contributed by atoms with Crippen molar-refractivity contribution in [2.75, 3.05) is 32.8 Å². The lowest BCUT2D eigenvalue weighted by Crippen LogP contribution is -2.36. The van der Waals surface area contributed by atoms with Crippen LogP contribution in [0.15, 0.2) is 52.3 Å². The zero-order chi connectivity index (χ0) is 18.4. The van der Waals surface area contributed by atoms with E-state index in [9.17, 15) is 10.1 Å². The third-order valence-corrected chi connectivity index (χ3v) is 5.63. The summed E-state index contributed by atoms with van der Waals surface area (Å²) in [7, 11) is 0. The fourth-order valence-electron chi connectivity index (χ4n) is 2.91. The molecule has 1 aliphatic heterocycles. The second-order valence-electron chi connectivity index (χ2n) is 6.17. The minimum atomic E-state index is -0.302. The average Bonchev–Trinajstić information content (AvgIpc) is 2.65. The molecule has 2 aromatic carbocycles. The summed E-state index contributed by atoms with van der Waals surface area (Å²) in [6, 6.07) is 12.9. The Morgan fingerprint density at radius 1 is 1.15 bits per heavy atom. The summed E-state index contributed by atoms with van der Waals surface area (Å²) < 4.78 is 5.35. The van der Waals surface area contributed by atoms with Crippen molar-refractivity contribution in [1.82, 2.24) is 4.90 Å². The predicted molar refractivity (Wildman–Crippen MR) is 104 cm³/mol. The lowest BCUT2D eigenvalue weighted by Gasteiger charge is -2.26. The lowest BCUT2D eigenvalue weighted by molar-refractivity contribution is -0.387. The highest BCUT2D eigenvalue weighted by Crippen LogP contribution is 2.36. The molecule has 0 aromatic heterocycles. The van der Waals surface area contributed by atoms with E-state index in [2.05, 4.69) is 4.90 Å². The molecule has 0 bridgehead atoms. The van der Waals surface area contributed by atoms with Crippen molar-refractivity contribution >= 4 is 29.1 Å². The smallest absolute Gasteiger partial charge is 0.283 e. The van der Waals surface area contributed by atoms with E-state index >= 15 is 0 Å². The first kappa shape index (κ1) is 19.2. The molecule has 0 radical (unpaired) electrons. The van der Waals surface area contributed by atoms with Gasteiger partial charge in [0.25, 0.3) is 5.69 Å². The molecule has 0 spiro atoms. The lowest BCUT2D eigenvalue weighted by atomic mass is 10.1. The molecular formula is C19H21ClN2O3S. The van der Waals surface area contributed by atoms with E-state index in [0.717, 1.165) is 56.1 Å². The van der Waals surface area contributed by atoms with Crippen LogP contribution in [0.1, 0.15) is 12.0 Å². The SMILES string of the molecule is O=[N+]([O-])c1cc(CCCN2CCOCC2)ccc1Sc1ccc(Cl)cc1. The predicted octanol–water partition coefficient (Wildman–Crippen LogP) is 4.66. The molecule has 1 fully saturated rings. The number of nitrogens with zero attached hydrogens (tertiary/aromatic N) is 2. The number of aryl methyl sites for hydroxylation is 1. The molecule has 3 rings (SSSR count). The van der Waals surface area contributed by atoms with Gasteiger partial charge in [0.05, 0.1) is 23.0 Å². The Morgan fingerprint density at radius 3 is 2.58 bits per heavy atom. The fraction of sp³-hybridized carbons (Fsp3) is 0.368. The zero-order valence-electron chi connectivity index (χ0n) is 14.4. The number of halogens is 1. The van der Waals surface area contributed by atoms with Gasteiger partial charge in [-0.15, -0.1) is 0 Å². The van der Waals surface area contributed by atoms with Crippen LogP contribution in [-0.2, 0) is 11.2 Å². The van der Waals surface area contributed by atoms with Gasteiger partial charge in [-0.05, 0) is 55.3 Å². The van der Waals surface area contributed by atoms with Crippen molar-refractivity contribution in [3.8, 4) is 0 Å². The van der Waals surface area contributed by atoms with E-state index < -0.39 is 0 Å². The van der Waals surface area contributed by atoms with Gasteiger partial charge in [0.1, 0.15) is 0 Å². The van der Waals surface area contributed by atoms with E-state index in [0.29, 0.717) is 9.92 Å². The molecular weight excluding hydrogens is 372 g/mol. The van der Waals surface area contributed by atoms with Crippen LogP contribution in [0.3, 0.4) is 0 Å². The van der Waals surface area contributed by atoms with Crippen LogP contribution in [0.2, 0.25) is 5.02 Å². The number of nitro groups is 1. The number of benzene rings is 2. The van der Waals surface area contributed by atoms with Crippen LogP contribution in [0.4, 0.5) is 5.69 Å². The summed E-state index contributed by atoms with van der Waals surface area (Å²) in [4.78, 5) is 15.1. The van der Waals surface area contributed by atoms with Gasteiger partial charge in [0.2, 0.25) is 0 Å². The van der Waals surface area contributed by atoms with Crippen LogP contribution in [0.25, 0.3) is 0 Å². The highest BCUT2D eigenvalue weighted by molar-refractivity contribution is 7.99. The van der Waals surface area contributed by atoms with Gasteiger partial charge in [0.15, 0.2) is 0 Å². The zero-order valence-corrected chi connectivity index (χ0v) is 16.0. The Balaban J connectivity index is 1.64. The maximum Gasteiger partial charge on any atom is 0.283 e. The number of hydrogen-bond acceptors (Lipinski definition) is 5. The number of rotatable bonds is 7. The summed E-state index contributed by atoms with van der Waals surface area (Å²) in [6.07, 6.45) is 1.82. The number of ether oxygens (including phenoxy) is 1. The van der Waals surface area contributed by atoms with Gasteiger partial charge in [-0.2, -0.15) is 0 Å². The van der Waals surface area contributed by atoms with Crippen molar-refractivity contribution in [3.05, 3.63) is 63.2 Å². The standard InChI is InChI=1S/C19H21ClN2O3S/c20-16-4-6-17(7-5-16)26-19-8-3-15(14-18(19)22(23)24)2-1-9-21-10-12-25-13-11-21/h3-8,14H,1-2,9-13H2. The molecule has 26 heavy (non-hydrogen) atoms. The minimum Gasteiger partial charge on any atom is -0.379 e. The van der Waals surface area contributed by atoms with E-state index in [-0.39, 0.29) is 10.6 Å². The normalized spacial score (nSPS) is 15.1. The number of hydrogen-bond donors (Lipinski definition) is 0. The Labute approximate surface area is 162 Å². The molecule has 138 valence electrons. The van der Waals surface area contributed by atoms with Crippen LogP contribution in [-0.4, -0.2) is 42.7 Å². The van der Waals surface area contributed by atoms with Crippen LogP contribution >= 0.6 is 23.4 Å². The molecule has 5 nitrogen and oxygen atoms in total.